The predicted octanol–water partition coefficient (Wildman–Crippen LogP) is 4.65. The predicted molar refractivity (Wildman–Crippen MR) is 106 cm³/mol. The Balaban J connectivity index is 0.00000205. The summed E-state index contributed by atoms with van der Waals surface area (Å²) in [6, 6.07) is 11.6. The fourth-order valence-corrected chi connectivity index (χ4v) is 4.22. The Morgan fingerprint density at radius 1 is 1.07 bits per heavy atom. The summed E-state index contributed by atoms with van der Waals surface area (Å²) in [7, 11) is 0. The molecule has 7 heteroatoms. The summed E-state index contributed by atoms with van der Waals surface area (Å²) in [6.45, 7) is 0. The van der Waals surface area contributed by atoms with Gasteiger partial charge in [0, 0.05) is 50.6 Å². The monoisotopic (exact) mass is 460 g/mol. The first-order valence-electron chi connectivity index (χ1n) is 9.59. The van der Waals surface area contributed by atoms with Crippen molar-refractivity contribution in [2.75, 3.05) is 0 Å². The molecule has 1 N–H and O–H groups in total. The van der Waals surface area contributed by atoms with E-state index in [-0.39, 0.29) is 38.3 Å². The summed E-state index contributed by atoms with van der Waals surface area (Å²) >= 11 is 0. The van der Waals surface area contributed by atoms with Gasteiger partial charge in [-0.25, -0.2) is 9.78 Å². The van der Waals surface area contributed by atoms with Crippen LogP contribution in [0.1, 0.15) is 48.5 Å². The number of carbonyl (C=O) groups is 1. The van der Waals surface area contributed by atoms with Crippen LogP contribution < -0.4 is 0 Å². The quantitative estimate of drug-likeness (QED) is 0.451. The van der Waals surface area contributed by atoms with Crippen molar-refractivity contribution >= 4 is 27.9 Å². The second kappa shape index (κ2) is 8.29. The van der Waals surface area contributed by atoms with Gasteiger partial charge in [0.1, 0.15) is 5.82 Å². The van der Waals surface area contributed by atoms with Crippen LogP contribution in [0.25, 0.3) is 33.3 Å². The van der Waals surface area contributed by atoms with Gasteiger partial charge in [0.05, 0.1) is 16.6 Å². The molecule has 0 amide bonds. The van der Waals surface area contributed by atoms with Crippen LogP contribution in [-0.2, 0) is 32.7 Å². The molecule has 2 aromatic heterocycles. The van der Waals surface area contributed by atoms with E-state index in [0.29, 0.717) is 6.04 Å². The maximum Gasteiger partial charge on any atom is 0.335 e. The molecule has 1 saturated carbocycles. The Hall–Kier alpha value is -2.18. The first kappa shape index (κ1) is 20.1. The zero-order valence-electron chi connectivity index (χ0n) is 15.9. The molecule has 5 rings (SSSR count). The van der Waals surface area contributed by atoms with E-state index in [0.717, 1.165) is 46.2 Å². The van der Waals surface area contributed by atoms with Crippen LogP contribution in [0.3, 0.4) is 0 Å². The molecule has 1 fully saturated rings. The normalized spacial score (nSPS) is 14.8. The number of carboxylic acids is 1. The summed E-state index contributed by atoms with van der Waals surface area (Å²) in [4.78, 5) is 24.4. The number of aromatic nitrogens is 4. The Morgan fingerprint density at radius 2 is 1.90 bits per heavy atom. The standard InChI is InChI=1S/C22H19N4O2.Y/c27-22(28)15-7-9-20-19(11-15)25-21(26(20)17-4-2-1-3-5-17)14-6-8-18-16(10-14)12-23-13-24-18;/h6-12,17H,1-5H2,(H,27,28);/q-1;. The van der Waals surface area contributed by atoms with E-state index in [1.165, 1.54) is 19.3 Å². The van der Waals surface area contributed by atoms with Gasteiger partial charge in [0.25, 0.3) is 0 Å². The molecule has 1 aliphatic rings. The molecule has 143 valence electrons. The second-order valence-corrected chi connectivity index (χ2v) is 7.35. The molecule has 2 heterocycles. The molecule has 0 bridgehead atoms. The van der Waals surface area contributed by atoms with E-state index in [2.05, 4.69) is 20.9 Å². The Morgan fingerprint density at radius 3 is 2.69 bits per heavy atom. The number of nitrogens with zero attached hydrogens (tertiary/aromatic N) is 4. The first-order chi connectivity index (χ1) is 13.7. The summed E-state index contributed by atoms with van der Waals surface area (Å²) in [6.07, 6.45) is 10.3. The zero-order chi connectivity index (χ0) is 19.1. The fourth-order valence-electron chi connectivity index (χ4n) is 4.22. The van der Waals surface area contributed by atoms with Crippen LogP contribution in [0.2, 0.25) is 0 Å². The minimum Gasteiger partial charge on any atom is -0.478 e. The Bertz CT molecular complexity index is 1200. The van der Waals surface area contributed by atoms with Crippen LogP contribution >= 0.6 is 0 Å². The van der Waals surface area contributed by atoms with Crippen molar-refractivity contribution < 1.29 is 42.6 Å². The SMILES string of the molecule is O=C(O)c1ccc2c(c1)nc(-c1ccc3n[c-]ncc3c1)n2C1CCCCC1.[Y]. The molecule has 0 atom stereocenters. The molecule has 0 saturated heterocycles. The van der Waals surface area contributed by atoms with Crippen LogP contribution in [0.4, 0.5) is 0 Å². The van der Waals surface area contributed by atoms with Gasteiger partial charge in [-0.1, -0.05) is 49.0 Å². The third kappa shape index (κ3) is 3.71. The number of carboxylic acid groups (broad SMARTS) is 1. The van der Waals surface area contributed by atoms with Crippen molar-refractivity contribution in [3.8, 4) is 11.4 Å². The van der Waals surface area contributed by atoms with Crippen molar-refractivity contribution in [3.05, 3.63) is 54.5 Å². The van der Waals surface area contributed by atoms with Gasteiger partial charge in [-0.15, -0.1) is 0 Å². The van der Waals surface area contributed by atoms with E-state index in [1.807, 2.05) is 24.3 Å². The number of fused-ring (bicyclic) bond motifs is 2. The Kier molecular flexibility index (Phi) is 5.75. The summed E-state index contributed by atoms with van der Waals surface area (Å²) < 4.78 is 2.30. The van der Waals surface area contributed by atoms with Gasteiger partial charge in [-0.3, -0.25) is 0 Å². The molecule has 2 aromatic carbocycles. The van der Waals surface area contributed by atoms with Crippen molar-refractivity contribution in [2.24, 2.45) is 0 Å². The van der Waals surface area contributed by atoms with E-state index >= 15 is 0 Å². The topological polar surface area (TPSA) is 80.9 Å². The van der Waals surface area contributed by atoms with Crippen LogP contribution in [-0.4, -0.2) is 30.6 Å². The molecular formula is C22H19N4O2Y-. The molecular weight excluding hydrogens is 441 g/mol. The summed E-state index contributed by atoms with van der Waals surface area (Å²) in [5.74, 6) is -0.0612. The zero-order valence-corrected chi connectivity index (χ0v) is 18.7. The minimum atomic E-state index is -0.935. The van der Waals surface area contributed by atoms with Gasteiger partial charge in [0.2, 0.25) is 0 Å². The smallest absolute Gasteiger partial charge is 0.335 e. The minimum absolute atomic E-state index is 0. The molecule has 4 aromatic rings. The van der Waals surface area contributed by atoms with Gasteiger partial charge in [0.15, 0.2) is 0 Å². The van der Waals surface area contributed by atoms with Crippen molar-refractivity contribution in [1.82, 2.24) is 19.5 Å². The van der Waals surface area contributed by atoms with E-state index < -0.39 is 5.97 Å². The van der Waals surface area contributed by atoms with Crippen molar-refractivity contribution in [1.29, 1.82) is 0 Å². The van der Waals surface area contributed by atoms with Gasteiger partial charge < -0.3 is 19.6 Å². The van der Waals surface area contributed by atoms with Gasteiger partial charge >= 0.3 is 5.97 Å². The molecule has 1 radical (unpaired) electrons. The average molecular weight is 460 g/mol. The summed E-state index contributed by atoms with van der Waals surface area (Å²) in [5.41, 5.74) is 3.80. The van der Waals surface area contributed by atoms with E-state index in [9.17, 15) is 9.90 Å². The number of hydrogen-bond acceptors (Lipinski definition) is 4. The van der Waals surface area contributed by atoms with Crippen LogP contribution in [0.15, 0.2) is 42.6 Å². The number of aromatic carboxylic acids is 1. The van der Waals surface area contributed by atoms with Crippen molar-refractivity contribution in [2.45, 2.75) is 38.1 Å². The molecule has 29 heavy (non-hydrogen) atoms. The second-order valence-electron chi connectivity index (χ2n) is 7.35. The molecule has 6 nitrogen and oxygen atoms in total. The third-order valence-electron chi connectivity index (χ3n) is 5.59. The molecule has 0 spiro atoms. The summed E-state index contributed by atoms with van der Waals surface area (Å²) in [5, 5.41) is 10.3. The van der Waals surface area contributed by atoms with Gasteiger partial charge in [-0.05, 0) is 36.6 Å². The molecule has 0 unspecified atom stereocenters. The molecule has 1 aliphatic carbocycles. The average Bonchev–Trinajstić information content (AvgIpc) is 3.12. The maximum absolute atomic E-state index is 11.4. The number of imidazole rings is 1. The van der Waals surface area contributed by atoms with E-state index in [4.69, 9.17) is 4.98 Å². The Labute approximate surface area is 193 Å². The largest absolute Gasteiger partial charge is 0.478 e. The van der Waals surface area contributed by atoms with Crippen LogP contribution in [0, 0.1) is 6.33 Å². The third-order valence-corrected chi connectivity index (χ3v) is 5.59. The first-order valence-corrected chi connectivity index (χ1v) is 9.59. The van der Waals surface area contributed by atoms with E-state index in [1.54, 1.807) is 18.3 Å². The number of rotatable bonds is 3. The van der Waals surface area contributed by atoms with Crippen LogP contribution in [0.5, 0.6) is 0 Å². The van der Waals surface area contributed by atoms with Gasteiger partial charge in [-0.2, -0.15) is 0 Å². The van der Waals surface area contributed by atoms with Crippen molar-refractivity contribution in [3.63, 3.8) is 0 Å². The fraction of sp³-hybridized carbons (Fsp3) is 0.273. The number of benzene rings is 2. The number of hydrogen-bond donors (Lipinski definition) is 1. The maximum atomic E-state index is 11.4. The molecule has 0 aliphatic heterocycles.